The second-order valence-electron chi connectivity index (χ2n) is 6.67. The number of aromatic nitrogens is 3. The van der Waals surface area contributed by atoms with E-state index in [4.69, 9.17) is 17.4 Å². The summed E-state index contributed by atoms with van der Waals surface area (Å²) in [6.07, 6.45) is 6.27. The smallest absolute Gasteiger partial charge is 0.233 e. The van der Waals surface area contributed by atoms with Crippen LogP contribution in [0, 0.1) is 5.92 Å². The number of nitrogen functional groups attached to an aromatic ring is 1. The molecule has 1 saturated carbocycles. The molecule has 8 heteroatoms. The van der Waals surface area contributed by atoms with Gasteiger partial charge in [0.25, 0.3) is 0 Å². The number of carbonyl (C=O) groups is 1. The van der Waals surface area contributed by atoms with E-state index in [1.165, 1.54) is 48.5 Å². The van der Waals surface area contributed by atoms with Crippen molar-refractivity contribution >= 4 is 29.3 Å². The van der Waals surface area contributed by atoms with Gasteiger partial charge in [0.2, 0.25) is 11.1 Å². The first-order valence-electron chi connectivity index (χ1n) is 8.96. The zero-order valence-corrected chi connectivity index (χ0v) is 16.4. The molecule has 3 rings (SSSR count). The maximum Gasteiger partial charge on any atom is 0.233 e. The van der Waals surface area contributed by atoms with Crippen molar-refractivity contribution in [2.24, 2.45) is 5.92 Å². The summed E-state index contributed by atoms with van der Waals surface area (Å²) in [6.45, 7) is 2.61. The number of halogens is 1. The summed E-state index contributed by atoms with van der Waals surface area (Å²) in [5, 5.41) is 12.0. The van der Waals surface area contributed by atoms with Gasteiger partial charge in [-0.25, -0.2) is 4.68 Å². The molecule has 3 N–H and O–H groups in total. The van der Waals surface area contributed by atoms with Crippen molar-refractivity contribution in [3.05, 3.63) is 29.3 Å². The lowest BCUT2D eigenvalue weighted by Crippen LogP contribution is -2.35. The summed E-state index contributed by atoms with van der Waals surface area (Å²) in [5.74, 6) is 7.21. The van der Waals surface area contributed by atoms with Gasteiger partial charge in [0.05, 0.1) is 10.3 Å². The van der Waals surface area contributed by atoms with Crippen LogP contribution in [0.1, 0.15) is 39.0 Å². The molecule has 1 aliphatic rings. The molecule has 1 aromatic heterocycles. The van der Waals surface area contributed by atoms with Gasteiger partial charge >= 0.3 is 0 Å². The summed E-state index contributed by atoms with van der Waals surface area (Å²) in [7, 11) is 0. The number of nitrogens with two attached hydrogens (primary N) is 1. The maximum absolute atomic E-state index is 12.4. The van der Waals surface area contributed by atoms with Crippen LogP contribution in [0.3, 0.4) is 0 Å². The minimum atomic E-state index is -0.302. The van der Waals surface area contributed by atoms with Crippen molar-refractivity contribution in [1.29, 1.82) is 0 Å². The fraction of sp³-hybridized carbons (Fsp3) is 0.500. The number of hydrogen-bond acceptors (Lipinski definition) is 5. The van der Waals surface area contributed by atoms with E-state index in [9.17, 15) is 4.79 Å². The van der Waals surface area contributed by atoms with Gasteiger partial charge in [-0.15, -0.1) is 10.2 Å². The minimum absolute atomic E-state index is 0.00265. The molecule has 1 fully saturated rings. The lowest BCUT2D eigenvalue weighted by molar-refractivity contribution is -0.120. The average molecular weight is 394 g/mol. The van der Waals surface area contributed by atoms with Gasteiger partial charge < -0.3 is 11.2 Å². The molecule has 140 valence electrons. The van der Waals surface area contributed by atoms with E-state index >= 15 is 0 Å². The van der Waals surface area contributed by atoms with E-state index < -0.39 is 0 Å². The molecule has 1 atom stereocenters. The molecule has 2 aromatic rings. The molecule has 0 bridgehead atoms. The third-order valence-electron chi connectivity index (χ3n) is 4.72. The van der Waals surface area contributed by atoms with Crippen LogP contribution in [0.25, 0.3) is 11.4 Å². The van der Waals surface area contributed by atoms with Gasteiger partial charge in [-0.3, -0.25) is 4.79 Å². The van der Waals surface area contributed by atoms with Gasteiger partial charge in [-0.05, 0) is 37.8 Å². The largest absolute Gasteiger partial charge is 0.355 e. The maximum atomic E-state index is 12.4. The molecule has 1 heterocycles. The van der Waals surface area contributed by atoms with E-state index in [0.29, 0.717) is 27.5 Å². The van der Waals surface area contributed by atoms with Crippen LogP contribution < -0.4 is 11.2 Å². The highest BCUT2D eigenvalue weighted by Gasteiger charge is 2.22. The zero-order valence-electron chi connectivity index (χ0n) is 14.8. The van der Waals surface area contributed by atoms with Crippen LogP contribution in [-0.2, 0) is 4.79 Å². The molecule has 1 aliphatic carbocycles. The number of amides is 1. The highest BCUT2D eigenvalue weighted by molar-refractivity contribution is 8.00. The second kappa shape index (κ2) is 8.77. The second-order valence-corrected chi connectivity index (χ2v) is 8.38. The number of nitrogens with one attached hydrogen (secondary N) is 1. The molecule has 1 unspecified atom stereocenters. The van der Waals surface area contributed by atoms with Gasteiger partial charge in [-0.1, -0.05) is 54.8 Å². The zero-order chi connectivity index (χ0) is 18.5. The van der Waals surface area contributed by atoms with Crippen molar-refractivity contribution in [2.45, 2.75) is 49.4 Å². The highest BCUT2D eigenvalue weighted by Crippen LogP contribution is 2.29. The molecule has 0 radical (unpaired) electrons. The van der Waals surface area contributed by atoms with Crippen LogP contribution in [0.4, 0.5) is 0 Å². The van der Waals surface area contributed by atoms with Gasteiger partial charge in [0.1, 0.15) is 0 Å². The Labute approximate surface area is 162 Å². The molecule has 1 aromatic carbocycles. The molecule has 6 nitrogen and oxygen atoms in total. The standard InChI is InChI=1S/C18H24ClN5OS/c1-12(17(25)21-11-13-7-3-2-4-8-13)26-18-23-22-16(24(18)20)14-9-5-6-10-15(14)19/h5-6,9-10,12-13H,2-4,7-8,11,20H2,1H3,(H,21,25). The van der Waals surface area contributed by atoms with Crippen molar-refractivity contribution in [3.8, 4) is 11.4 Å². The Bertz CT molecular complexity index is 760. The van der Waals surface area contributed by atoms with E-state index in [-0.39, 0.29) is 11.2 Å². The number of rotatable bonds is 6. The topological polar surface area (TPSA) is 85.8 Å². The number of thioether (sulfide) groups is 1. The Kier molecular flexibility index (Phi) is 6.43. The third kappa shape index (κ3) is 4.51. The first-order chi connectivity index (χ1) is 12.6. The molecule has 1 amide bonds. The quantitative estimate of drug-likeness (QED) is 0.579. The predicted molar refractivity (Wildman–Crippen MR) is 106 cm³/mol. The molecule has 0 aliphatic heterocycles. The minimum Gasteiger partial charge on any atom is -0.355 e. The summed E-state index contributed by atoms with van der Waals surface area (Å²) in [5.41, 5.74) is 0.713. The summed E-state index contributed by atoms with van der Waals surface area (Å²) in [4.78, 5) is 12.4. The normalized spacial score (nSPS) is 16.4. The number of nitrogens with zero attached hydrogens (tertiary/aromatic N) is 3. The van der Waals surface area contributed by atoms with Gasteiger partial charge in [-0.2, -0.15) is 0 Å². The lowest BCUT2D eigenvalue weighted by Gasteiger charge is -2.22. The Balaban J connectivity index is 1.60. The fourth-order valence-corrected chi connectivity index (χ4v) is 4.19. The predicted octanol–water partition coefficient (Wildman–Crippen LogP) is 3.49. The lowest BCUT2D eigenvalue weighted by atomic mass is 9.89. The van der Waals surface area contributed by atoms with Crippen molar-refractivity contribution in [3.63, 3.8) is 0 Å². The summed E-state index contributed by atoms with van der Waals surface area (Å²) >= 11 is 7.50. The van der Waals surface area contributed by atoms with Gasteiger partial charge in [0, 0.05) is 12.1 Å². The van der Waals surface area contributed by atoms with Crippen LogP contribution in [0.5, 0.6) is 0 Å². The van der Waals surface area contributed by atoms with Crippen LogP contribution in [0.2, 0.25) is 5.02 Å². The Morgan fingerprint density at radius 2 is 2.08 bits per heavy atom. The van der Waals surface area contributed by atoms with Crippen LogP contribution in [0.15, 0.2) is 29.4 Å². The van der Waals surface area contributed by atoms with E-state index in [2.05, 4.69) is 15.5 Å². The SMILES string of the molecule is CC(Sc1nnc(-c2ccccc2Cl)n1N)C(=O)NCC1CCCCC1. The Morgan fingerprint density at radius 3 is 2.81 bits per heavy atom. The third-order valence-corrected chi connectivity index (χ3v) is 6.11. The first-order valence-corrected chi connectivity index (χ1v) is 10.2. The van der Waals surface area contributed by atoms with Crippen molar-refractivity contribution in [2.75, 3.05) is 12.4 Å². The van der Waals surface area contributed by atoms with E-state index in [1.807, 2.05) is 25.1 Å². The van der Waals surface area contributed by atoms with Crippen molar-refractivity contribution in [1.82, 2.24) is 20.2 Å². The van der Waals surface area contributed by atoms with E-state index in [0.717, 1.165) is 6.54 Å². The van der Waals surface area contributed by atoms with E-state index in [1.54, 1.807) is 6.07 Å². The Hall–Kier alpha value is -1.73. The average Bonchev–Trinajstić information content (AvgIpc) is 3.01. The summed E-state index contributed by atoms with van der Waals surface area (Å²) in [6, 6.07) is 7.33. The molecule has 0 spiro atoms. The van der Waals surface area contributed by atoms with Crippen LogP contribution >= 0.6 is 23.4 Å². The number of hydrogen-bond donors (Lipinski definition) is 2. The molecule has 26 heavy (non-hydrogen) atoms. The monoisotopic (exact) mass is 393 g/mol. The number of benzene rings is 1. The summed E-state index contributed by atoms with van der Waals surface area (Å²) < 4.78 is 1.39. The highest BCUT2D eigenvalue weighted by atomic mass is 35.5. The van der Waals surface area contributed by atoms with Crippen LogP contribution in [-0.4, -0.2) is 32.6 Å². The first kappa shape index (κ1) is 19.0. The molecule has 0 saturated heterocycles. The number of carbonyl (C=O) groups excluding carboxylic acids is 1. The van der Waals surface area contributed by atoms with Gasteiger partial charge in [0.15, 0.2) is 5.82 Å². The molecular weight excluding hydrogens is 370 g/mol. The molecular formula is C18H24ClN5OS. The van der Waals surface area contributed by atoms with Crippen molar-refractivity contribution < 1.29 is 4.79 Å². The Morgan fingerprint density at radius 1 is 1.35 bits per heavy atom. The fourth-order valence-electron chi connectivity index (χ4n) is 3.18.